The average Bonchev–Trinajstić information content (AvgIpc) is 2.93. The second kappa shape index (κ2) is 4.73. The van der Waals surface area contributed by atoms with Crippen molar-refractivity contribution in [1.29, 1.82) is 0 Å². The number of fused-ring (bicyclic) bond motifs is 1. The highest BCUT2D eigenvalue weighted by Crippen LogP contribution is 2.25. The summed E-state index contributed by atoms with van der Waals surface area (Å²) in [4.78, 5) is 15.6. The number of carbonyl (C=O) groups is 1. The lowest BCUT2D eigenvalue weighted by Gasteiger charge is -2.13. The Balaban J connectivity index is 2.08. The number of benzene rings is 1. The van der Waals surface area contributed by atoms with Crippen LogP contribution >= 0.6 is 0 Å². The SMILES string of the molecule is CS(=O)(=O)c1cccc2c1nc(N)n2CC1CCC(=O)N1. The predicted molar refractivity (Wildman–Crippen MR) is 78.4 cm³/mol. The number of nitrogen functional groups attached to an aromatic ring is 1. The highest BCUT2D eigenvalue weighted by molar-refractivity contribution is 7.91. The van der Waals surface area contributed by atoms with Crippen LogP contribution in [0.2, 0.25) is 0 Å². The third-order valence-electron chi connectivity index (χ3n) is 3.66. The minimum atomic E-state index is -3.37. The van der Waals surface area contributed by atoms with Crippen molar-refractivity contribution >= 4 is 32.7 Å². The fourth-order valence-corrected chi connectivity index (χ4v) is 3.49. The molecule has 0 spiro atoms. The molecule has 1 amide bonds. The van der Waals surface area contributed by atoms with Crippen molar-refractivity contribution in [3.63, 3.8) is 0 Å². The van der Waals surface area contributed by atoms with E-state index >= 15 is 0 Å². The molecule has 2 heterocycles. The van der Waals surface area contributed by atoms with Gasteiger partial charge in [-0.3, -0.25) is 4.79 Å². The van der Waals surface area contributed by atoms with Crippen molar-refractivity contribution in [1.82, 2.24) is 14.9 Å². The summed E-state index contributed by atoms with van der Waals surface area (Å²) in [7, 11) is -3.37. The van der Waals surface area contributed by atoms with Gasteiger partial charge in [0, 0.05) is 25.3 Å². The topological polar surface area (TPSA) is 107 Å². The van der Waals surface area contributed by atoms with E-state index in [1.54, 1.807) is 16.7 Å². The molecule has 0 radical (unpaired) electrons. The minimum absolute atomic E-state index is 0.000843. The van der Waals surface area contributed by atoms with Crippen LogP contribution in [0.3, 0.4) is 0 Å². The van der Waals surface area contributed by atoms with E-state index in [0.717, 1.165) is 12.7 Å². The normalized spacial score (nSPS) is 19.1. The smallest absolute Gasteiger partial charge is 0.220 e. The molecule has 1 fully saturated rings. The molecule has 8 heteroatoms. The van der Waals surface area contributed by atoms with Gasteiger partial charge in [-0.05, 0) is 18.6 Å². The zero-order chi connectivity index (χ0) is 15.2. The number of sulfone groups is 1. The molecule has 7 nitrogen and oxygen atoms in total. The lowest BCUT2D eigenvalue weighted by atomic mass is 10.2. The summed E-state index contributed by atoms with van der Waals surface area (Å²) in [6.07, 6.45) is 2.39. The molecule has 1 aromatic heterocycles. The number of anilines is 1. The lowest BCUT2D eigenvalue weighted by Crippen LogP contribution is -2.29. The summed E-state index contributed by atoms with van der Waals surface area (Å²) in [5, 5.41) is 2.87. The van der Waals surface area contributed by atoms with Crippen LogP contribution in [-0.2, 0) is 21.2 Å². The molecule has 1 unspecified atom stereocenters. The third-order valence-corrected chi connectivity index (χ3v) is 4.79. The lowest BCUT2D eigenvalue weighted by molar-refractivity contribution is -0.119. The molecular formula is C13H16N4O3S. The molecule has 0 saturated carbocycles. The number of imidazole rings is 1. The predicted octanol–water partition coefficient (Wildman–Crippen LogP) is 0.301. The van der Waals surface area contributed by atoms with Crippen LogP contribution in [0.15, 0.2) is 23.1 Å². The number of aromatic nitrogens is 2. The number of carbonyl (C=O) groups excluding carboxylic acids is 1. The van der Waals surface area contributed by atoms with Crippen LogP contribution in [0.4, 0.5) is 5.95 Å². The molecule has 3 N–H and O–H groups in total. The van der Waals surface area contributed by atoms with Gasteiger partial charge in [0.15, 0.2) is 9.84 Å². The second-order valence-electron chi connectivity index (χ2n) is 5.28. The number of hydrogen-bond acceptors (Lipinski definition) is 5. The number of amides is 1. The van der Waals surface area contributed by atoms with Crippen LogP contribution < -0.4 is 11.1 Å². The summed E-state index contributed by atoms with van der Waals surface area (Å²) < 4.78 is 25.4. The van der Waals surface area contributed by atoms with E-state index in [1.165, 1.54) is 6.07 Å². The van der Waals surface area contributed by atoms with E-state index in [9.17, 15) is 13.2 Å². The molecule has 112 valence electrons. The fraction of sp³-hybridized carbons (Fsp3) is 0.385. The van der Waals surface area contributed by atoms with Gasteiger partial charge in [-0.25, -0.2) is 13.4 Å². The Morgan fingerprint density at radius 2 is 2.24 bits per heavy atom. The first-order chi connectivity index (χ1) is 9.86. The summed E-state index contributed by atoms with van der Waals surface area (Å²) in [5.74, 6) is 0.280. The molecule has 3 rings (SSSR count). The first-order valence-corrected chi connectivity index (χ1v) is 8.49. The minimum Gasteiger partial charge on any atom is -0.369 e. The van der Waals surface area contributed by atoms with Gasteiger partial charge in [0.2, 0.25) is 11.9 Å². The third kappa shape index (κ3) is 2.46. The van der Waals surface area contributed by atoms with E-state index in [-0.39, 0.29) is 22.8 Å². The number of rotatable bonds is 3. The molecule has 1 atom stereocenters. The summed E-state index contributed by atoms with van der Waals surface area (Å²) >= 11 is 0. The monoisotopic (exact) mass is 308 g/mol. The largest absolute Gasteiger partial charge is 0.369 e. The zero-order valence-corrected chi connectivity index (χ0v) is 12.4. The van der Waals surface area contributed by atoms with Gasteiger partial charge >= 0.3 is 0 Å². The number of nitrogens with two attached hydrogens (primary N) is 1. The highest BCUT2D eigenvalue weighted by atomic mass is 32.2. The van der Waals surface area contributed by atoms with Gasteiger partial charge in [-0.2, -0.15) is 0 Å². The fourth-order valence-electron chi connectivity index (χ4n) is 2.66. The maximum Gasteiger partial charge on any atom is 0.220 e. The quantitative estimate of drug-likeness (QED) is 0.848. The van der Waals surface area contributed by atoms with Crippen LogP contribution in [0.25, 0.3) is 11.0 Å². The molecular weight excluding hydrogens is 292 g/mol. The van der Waals surface area contributed by atoms with Crippen molar-refractivity contribution in [3.05, 3.63) is 18.2 Å². The Bertz CT molecular complexity index is 825. The van der Waals surface area contributed by atoms with Gasteiger partial charge in [0.1, 0.15) is 5.52 Å². The van der Waals surface area contributed by atoms with E-state index < -0.39 is 9.84 Å². The van der Waals surface area contributed by atoms with Gasteiger partial charge in [0.25, 0.3) is 0 Å². The van der Waals surface area contributed by atoms with E-state index in [4.69, 9.17) is 5.73 Å². The van der Waals surface area contributed by atoms with Crippen molar-refractivity contribution in [2.75, 3.05) is 12.0 Å². The van der Waals surface area contributed by atoms with E-state index in [2.05, 4.69) is 10.3 Å². The van der Waals surface area contributed by atoms with Crippen molar-refractivity contribution in [3.8, 4) is 0 Å². The van der Waals surface area contributed by atoms with Crippen molar-refractivity contribution < 1.29 is 13.2 Å². The Morgan fingerprint density at radius 1 is 1.48 bits per heavy atom. The molecule has 1 aliphatic heterocycles. The maximum absolute atomic E-state index is 11.8. The molecule has 2 aromatic rings. The number of nitrogens with zero attached hydrogens (tertiary/aromatic N) is 2. The molecule has 0 bridgehead atoms. The zero-order valence-electron chi connectivity index (χ0n) is 11.5. The van der Waals surface area contributed by atoms with Crippen LogP contribution in [-0.4, -0.2) is 36.2 Å². The summed E-state index contributed by atoms with van der Waals surface area (Å²) in [6, 6.07) is 4.97. The second-order valence-corrected chi connectivity index (χ2v) is 7.26. The van der Waals surface area contributed by atoms with Crippen LogP contribution in [0, 0.1) is 0 Å². The van der Waals surface area contributed by atoms with Gasteiger partial charge < -0.3 is 15.6 Å². The summed E-state index contributed by atoms with van der Waals surface area (Å²) in [6.45, 7) is 0.487. The summed E-state index contributed by atoms with van der Waals surface area (Å²) in [5.41, 5.74) is 6.96. The van der Waals surface area contributed by atoms with Crippen LogP contribution in [0.5, 0.6) is 0 Å². The van der Waals surface area contributed by atoms with Crippen molar-refractivity contribution in [2.24, 2.45) is 0 Å². The van der Waals surface area contributed by atoms with Crippen molar-refractivity contribution in [2.45, 2.75) is 30.3 Å². The Labute approximate surface area is 122 Å². The first kappa shape index (κ1) is 13.9. The molecule has 1 aromatic carbocycles. The Morgan fingerprint density at radius 3 is 2.86 bits per heavy atom. The number of hydrogen-bond donors (Lipinski definition) is 2. The van der Waals surface area contributed by atoms with Crippen LogP contribution in [0.1, 0.15) is 12.8 Å². The Kier molecular flexibility index (Phi) is 3.12. The molecule has 0 aliphatic carbocycles. The average molecular weight is 308 g/mol. The van der Waals surface area contributed by atoms with E-state index in [0.29, 0.717) is 24.0 Å². The molecule has 21 heavy (non-hydrogen) atoms. The van der Waals surface area contributed by atoms with Gasteiger partial charge in [0.05, 0.1) is 10.4 Å². The number of nitrogens with one attached hydrogen (secondary N) is 1. The standard InChI is InChI=1S/C13H16N4O3S/c1-21(19,20)10-4-2-3-9-12(10)16-13(14)17(9)7-8-5-6-11(18)15-8/h2-4,8H,5-7H2,1H3,(H2,14,16)(H,15,18). The Hall–Kier alpha value is -2.09. The van der Waals surface area contributed by atoms with Gasteiger partial charge in [-0.15, -0.1) is 0 Å². The number of para-hydroxylation sites is 1. The first-order valence-electron chi connectivity index (χ1n) is 6.60. The highest BCUT2D eigenvalue weighted by Gasteiger charge is 2.24. The van der Waals surface area contributed by atoms with E-state index in [1.807, 2.05) is 0 Å². The van der Waals surface area contributed by atoms with Gasteiger partial charge in [-0.1, -0.05) is 6.07 Å². The maximum atomic E-state index is 11.8. The molecule has 1 saturated heterocycles. The molecule has 1 aliphatic rings.